The van der Waals surface area contributed by atoms with Crippen LogP contribution in [0.15, 0.2) is 27.6 Å². The Bertz CT molecular complexity index is 322. The molecule has 0 radical (unpaired) electrons. The highest BCUT2D eigenvalue weighted by Crippen LogP contribution is 2.29. The van der Waals surface area contributed by atoms with Crippen molar-refractivity contribution >= 4 is 27.7 Å². The molecule has 0 aliphatic heterocycles. The van der Waals surface area contributed by atoms with Crippen molar-refractivity contribution < 1.29 is 13.2 Å². The third kappa shape index (κ3) is 3.53. The van der Waals surface area contributed by atoms with E-state index in [0.29, 0.717) is 4.47 Å². The fourth-order valence-electron chi connectivity index (χ4n) is 1.05. The van der Waals surface area contributed by atoms with Crippen molar-refractivity contribution in [1.29, 1.82) is 0 Å². The minimum absolute atomic E-state index is 0.280. The Morgan fingerprint density at radius 3 is 2.43 bits per heavy atom. The average molecular weight is 285 g/mol. The molecule has 0 amide bonds. The van der Waals surface area contributed by atoms with Crippen LogP contribution in [0.4, 0.5) is 13.2 Å². The van der Waals surface area contributed by atoms with Gasteiger partial charge in [0.15, 0.2) is 0 Å². The molecule has 0 unspecified atom stereocenters. The normalized spacial score (nSPS) is 11.8. The van der Waals surface area contributed by atoms with Gasteiger partial charge in [-0.25, -0.2) is 0 Å². The van der Waals surface area contributed by atoms with Crippen LogP contribution in [-0.4, -0.2) is 12.4 Å². The van der Waals surface area contributed by atoms with Crippen LogP contribution < -0.4 is 0 Å². The van der Waals surface area contributed by atoms with Crippen LogP contribution in [-0.2, 0) is 6.42 Å². The van der Waals surface area contributed by atoms with Crippen molar-refractivity contribution in [3.63, 3.8) is 0 Å². The lowest BCUT2D eigenvalue weighted by Gasteiger charge is -2.08. The molecule has 0 saturated carbocycles. The van der Waals surface area contributed by atoms with Gasteiger partial charge in [0.2, 0.25) is 0 Å². The summed E-state index contributed by atoms with van der Waals surface area (Å²) in [7, 11) is 0. The highest BCUT2D eigenvalue weighted by Gasteiger charge is 2.27. The van der Waals surface area contributed by atoms with Crippen LogP contribution in [0.5, 0.6) is 0 Å². The van der Waals surface area contributed by atoms with E-state index in [1.165, 1.54) is 23.9 Å². The molecule has 0 aliphatic rings. The topological polar surface area (TPSA) is 0 Å². The molecule has 1 aromatic rings. The molecule has 1 rings (SSSR count). The minimum atomic E-state index is -4.14. The first-order chi connectivity index (χ1) is 6.42. The van der Waals surface area contributed by atoms with Gasteiger partial charge in [-0.3, -0.25) is 0 Å². The Morgan fingerprint density at radius 1 is 1.36 bits per heavy atom. The predicted octanol–water partition coefficient (Wildman–Crippen LogP) is 4.28. The molecule has 5 heteroatoms. The van der Waals surface area contributed by atoms with Crippen molar-refractivity contribution in [1.82, 2.24) is 0 Å². The first kappa shape index (κ1) is 11.9. The Balaban J connectivity index is 2.87. The molecular weight excluding hydrogens is 277 g/mol. The zero-order valence-corrected chi connectivity index (χ0v) is 9.76. The molecule has 0 heterocycles. The number of thioether (sulfide) groups is 1. The lowest BCUT2D eigenvalue weighted by molar-refractivity contribution is -0.127. The Labute approximate surface area is 93.0 Å². The van der Waals surface area contributed by atoms with Gasteiger partial charge in [0, 0.05) is 9.37 Å². The monoisotopic (exact) mass is 284 g/mol. The van der Waals surface area contributed by atoms with E-state index in [1.54, 1.807) is 6.07 Å². The fourth-order valence-corrected chi connectivity index (χ4v) is 2.42. The van der Waals surface area contributed by atoms with Gasteiger partial charge < -0.3 is 0 Å². The number of alkyl halides is 3. The zero-order chi connectivity index (χ0) is 10.8. The summed E-state index contributed by atoms with van der Waals surface area (Å²) in [6.07, 6.45) is -3.13. The van der Waals surface area contributed by atoms with E-state index in [2.05, 4.69) is 15.9 Å². The molecule has 1 aromatic carbocycles. The van der Waals surface area contributed by atoms with Gasteiger partial charge in [-0.05, 0) is 39.9 Å². The Kier molecular flexibility index (Phi) is 3.89. The number of rotatable bonds is 2. The molecule has 14 heavy (non-hydrogen) atoms. The second-order valence-corrected chi connectivity index (χ2v) is 4.46. The van der Waals surface area contributed by atoms with Crippen molar-refractivity contribution in [2.24, 2.45) is 0 Å². The van der Waals surface area contributed by atoms with E-state index in [9.17, 15) is 13.2 Å². The zero-order valence-electron chi connectivity index (χ0n) is 7.36. The second kappa shape index (κ2) is 4.57. The first-order valence-corrected chi connectivity index (χ1v) is 5.83. The number of hydrogen-bond acceptors (Lipinski definition) is 1. The van der Waals surface area contributed by atoms with E-state index in [1.807, 2.05) is 6.26 Å². The number of hydrogen-bond donors (Lipinski definition) is 0. The van der Waals surface area contributed by atoms with Crippen molar-refractivity contribution in [2.75, 3.05) is 6.26 Å². The number of halogens is 4. The highest BCUT2D eigenvalue weighted by atomic mass is 79.9. The van der Waals surface area contributed by atoms with Crippen LogP contribution in [0, 0.1) is 0 Å². The molecule has 0 aromatic heterocycles. The van der Waals surface area contributed by atoms with Crippen LogP contribution in [0.1, 0.15) is 5.56 Å². The summed E-state index contributed by atoms with van der Waals surface area (Å²) in [5.41, 5.74) is 0.280. The maximum Gasteiger partial charge on any atom is 0.393 e. The van der Waals surface area contributed by atoms with Crippen LogP contribution in [0.3, 0.4) is 0 Å². The summed E-state index contributed by atoms with van der Waals surface area (Å²) in [6, 6.07) is 4.71. The molecule has 0 atom stereocenters. The summed E-state index contributed by atoms with van der Waals surface area (Å²) in [5.74, 6) is 0. The smallest absolute Gasteiger partial charge is 0.171 e. The van der Waals surface area contributed by atoms with Crippen molar-refractivity contribution in [2.45, 2.75) is 17.5 Å². The van der Waals surface area contributed by atoms with Crippen LogP contribution in [0.2, 0.25) is 0 Å². The largest absolute Gasteiger partial charge is 0.393 e. The van der Waals surface area contributed by atoms with Gasteiger partial charge in [0.05, 0.1) is 6.42 Å². The van der Waals surface area contributed by atoms with Crippen LogP contribution in [0.25, 0.3) is 0 Å². The Morgan fingerprint density at radius 2 is 2.00 bits per heavy atom. The van der Waals surface area contributed by atoms with Gasteiger partial charge in [0.1, 0.15) is 0 Å². The molecule has 0 N–H and O–H groups in total. The summed E-state index contributed by atoms with van der Waals surface area (Å²) in [5, 5.41) is 0. The van der Waals surface area contributed by atoms with E-state index in [-0.39, 0.29) is 5.56 Å². The Hall–Kier alpha value is -0.160. The lowest BCUT2D eigenvalue weighted by Crippen LogP contribution is -2.11. The summed E-state index contributed by atoms with van der Waals surface area (Å²) < 4.78 is 36.8. The summed E-state index contributed by atoms with van der Waals surface area (Å²) in [4.78, 5) is 0.941. The van der Waals surface area contributed by atoms with Gasteiger partial charge in [-0.1, -0.05) is 6.07 Å². The molecular formula is C9H8BrF3S. The van der Waals surface area contributed by atoms with Crippen LogP contribution >= 0.6 is 27.7 Å². The number of benzene rings is 1. The maximum absolute atomic E-state index is 12.0. The highest BCUT2D eigenvalue weighted by molar-refractivity contribution is 9.10. The third-order valence-corrected chi connectivity index (χ3v) is 3.34. The van der Waals surface area contributed by atoms with Crippen molar-refractivity contribution in [3.05, 3.63) is 28.2 Å². The van der Waals surface area contributed by atoms with Gasteiger partial charge in [-0.15, -0.1) is 11.8 Å². The second-order valence-electron chi connectivity index (χ2n) is 2.76. The minimum Gasteiger partial charge on any atom is -0.171 e. The lowest BCUT2D eigenvalue weighted by atomic mass is 10.1. The fraction of sp³-hybridized carbons (Fsp3) is 0.333. The van der Waals surface area contributed by atoms with E-state index < -0.39 is 12.6 Å². The van der Waals surface area contributed by atoms with Gasteiger partial charge in [0.25, 0.3) is 0 Å². The third-order valence-electron chi connectivity index (χ3n) is 1.62. The van der Waals surface area contributed by atoms with E-state index in [4.69, 9.17) is 0 Å². The van der Waals surface area contributed by atoms with Gasteiger partial charge in [-0.2, -0.15) is 13.2 Å². The molecule has 0 bridgehead atoms. The molecule has 0 saturated heterocycles. The van der Waals surface area contributed by atoms with Gasteiger partial charge >= 0.3 is 6.18 Å². The standard InChI is InChI=1S/C9H8BrF3S/c1-14-8-3-2-6(4-7(8)10)5-9(11,12)13/h2-4H,5H2,1H3. The van der Waals surface area contributed by atoms with E-state index in [0.717, 1.165) is 4.90 Å². The SMILES string of the molecule is CSc1ccc(CC(F)(F)F)cc1Br. The van der Waals surface area contributed by atoms with E-state index >= 15 is 0 Å². The molecule has 0 aliphatic carbocycles. The maximum atomic E-state index is 12.0. The van der Waals surface area contributed by atoms with Crippen molar-refractivity contribution in [3.8, 4) is 0 Å². The first-order valence-electron chi connectivity index (χ1n) is 3.81. The molecule has 78 valence electrons. The predicted molar refractivity (Wildman–Crippen MR) is 55.7 cm³/mol. The quantitative estimate of drug-likeness (QED) is 0.731. The molecule has 0 fully saturated rings. The summed E-state index contributed by atoms with van der Waals surface area (Å²) in [6.45, 7) is 0. The summed E-state index contributed by atoms with van der Waals surface area (Å²) >= 11 is 4.72. The average Bonchev–Trinajstić information content (AvgIpc) is 2.01. The molecule has 0 spiro atoms. The molecule has 0 nitrogen and oxygen atoms in total.